The summed E-state index contributed by atoms with van der Waals surface area (Å²) < 4.78 is 4.13. The van der Waals surface area contributed by atoms with Gasteiger partial charge in [-0.25, -0.2) is 4.98 Å². The summed E-state index contributed by atoms with van der Waals surface area (Å²) in [6, 6.07) is 39.8. The monoisotopic (exact) mass is 519 g/mol. The van der Waals surface area contributed by atoms with Gasteiger partial charge >= 0.3 is 0 Å². The molecule has 0 saturated heterocycles. The van der Waals surface area contributed by atoms with Crippen molar-refractivity contribution in [2.75, 3.05) is 0 Å². The molecule has 6 aromatic rings. The van der Waals surface area contributed by atoms with Crippen LogP contribution in [0.4, 0.5) is 0 Å². The van der Waals surface area contributed by atoms with Gasteiger partial charge in [0.15, 0.2) is 0 Å². The van der Waals surface area contributed by atoms with E-state index in [1.54, 1.807) is 0 Å². The second kappa shape index (κ2) is 9.65. The number of imidazole rings is 1. The predicted molar refractivity (Wildman–Crippen MR) is 160 cm³/mol. The molecule has 0 spiro atoms. The Labute approximate surface area is 233 Å². The number of fused-ring (bicyclic) bond motifs is 3. The summed E-state index contributed by atoms with van der Waals surface area (Å²) in [6.07, 6.45) is 7.37. The number of rotatable bonds is 5. The maximum absolute atomic E-state index is 14.0. The van der Waals surface area contributed by atoms with Crippen LogP contribution in [0.3, 0.4) is 0 Å². The number of aromatic nitrogens is 3. The molecule has 3 heterocycles. The van der Waals surface area contributed by atoms with E-state index in [-0.39, 0.29) is 5.91 Å². The molecule has 0 aliphatic carbocycles. The van der Waals surface area contributed by atoms with Gasteiger partial charge in [0.05, 0.1) is 5.52 Å². The number of allylic oxidation sites excluding steroid dienone is 1. The SMILES string of the molecule is Cc1c2n(c3ccccc13)C(=O)/C(=C\c1nccn1C(c1ccccc1)(c1ccccc1)c1ccccc1)CC2. The second-order valence-electron chi connectivity index (χ2n) is 10.4. The molecule has 1 aliphatic heterocycles. The second-order valence-corrected chi connectivity index (χ2v) is 10.4. The number of aryl methyl sites for hydroxylation is 1. The third kappa shape index (κ3) is 3.60. The van der Waals surface area contributed by atoms with Crippen LogP contribution in [0.15, 0.2) is 133 Å². The summed E-state index contributed by atoms with van der Waals surface area (Å²) in [4.78, 5) is 18.8. The zero-order valence-corrected chi connectivity index (χ0v) is 22.4. The van der Waals surface area contributed by atoms with Crippen LogP contribution in [-0.2, 0) is 12.0 Å². The fraction of sp³-hybridized carbons (Fsp3) is 0.111. The van der Waals surface area contributed by atoms with Crippen molar-refractivity contribution in [2.45, 2.75) is 25.3 Å². The van der Waals surface area contributed by atoms with Gasteiger partial charge < -0.3 is 4.57 Å². The molecule has 0 unspecified atom stereocenters. The first-order valence-corrected chi connectivity index (χ1v) is 13.7. The number of hydrogen-bond acceptors (Lipinski definition) is 2. The van der Waals surface area contributed by atoms with E-state index >= 15 is 0 Å². The quantitative estimate of drug-likeness (QED) is 0.173. The van der Waals surface area contributed by atoms with Crippen molar-refractivity contribution in [1.29, 1.82) is 0 Å². The number of para-hydroxylation sites is 1. The molecule has 0 amide bonds. The molecule has 4 heteroatoms. The molecule has 2 aromatic heterocycles. The number of benzene rings is 4. The van der Waals surface area contributed by atoms with E-state index in [9.17, 15) is 4.79 Å². The number of carbonyl (C=O) groups is 1. The fourth-order valence-electron chi connectivity index (χ4n) is 6.44. The van der Waals surface area contributed by atoms with Gasteiger partial charge in [-0.05, 0) is 54.2 Å². The summed E-state index contributed by atoms with van der Waals surface area (Å²) in [5.74, 6) is 0.779. The Kier molecular flexibility index (Phi) is 5.82. The maximum atomic E-state index is 14.0. The Morgan fingerprint density at radius 3 is 1.88 bits per heavy atom. The molecular formula is C36H29N3O. The number of nitrogens with zero attached hydrogens (tertiary/aromatic N) is 3. The van der Waals surface area contributed by atoms with Crippen molar-refractivity contribution < 1.29 is 4.79 Å². The molecule has 40 heavy (non-hydrogen) atoms. The molecule has 0 N–H and O–H groups in total. The van der Waals surface area contributed by atoms with Crippen LogP contribution in [0.5, 0.6) is 0 Å². The summed E-state index contributed by atoms with van der Waals surface area (Å²) in [7, 11) is 0. The molecule has 7 rings (SSSR count). The van der Waals surface area contributed by atoms with Gasteiger partial charge in [-0.3, -0.25) is 9.36 Å². The van der Waals surface area contributed by atoms with Crippen molar-refractivity contribution in [3.8, 4) is 0 Å². The summed E-state index contributed by atoms with van der Waals surface area (Å²) >= 11 is 0. The van der Waals surface area contributed by atoms with Crippen molar-refractivity contribution in [1.82, 2.24) is 14.1 Å². The molecule has 0 atom stereocenters. The first-order valence-electron chi connectivity index (χ1n) is 13.7. The molecule has 0 saturated carbocycles. The molecule has 4 nitrogen and oxygen atoms in total. The molecule has 0 radical (unpaired) electrons. The average molecular weight is 520 g/mol. The van der Waals surface area contributed by atoms with Gasteiger partial charge in [0, 0.05) is 29.0 Å². The lowest BCUT2D eigenvalue weighted by Crippen LogP contribution is -2.38. The smallest absolute Gasteiger partial charge is 0.258 e. The lowest BCUT2D eigenvalue weighted by molar-refractivity contribution is 0.0946. The summed E-state index contributed by atoms with van der Waals surface area (Å²) in [5.41, 5.74) is 6.72. The standard InChI is InChI=1S/C36H29N3O/c1-26-31-19-11-12-20-33(31)39-32(26)22-21-27(35(39)40)25-34-37-23-24-38(34)36(28-13-5-2-6-14-28,29-15-7-3-8-16-29)30-17-9-4-10-18-30/h2-20,23-25H,21-22H2,1H3/b27-25-. The highest BCUT2D eigenvalue weighted by molar-refractivity contribution is 6.07. The van der Waals surface area contributed by atoms with E-state index in [1.165, 1.54) is 5.56 Å². The summed E-state index contributed by atoms with van der Waals surface area (Å²) in [5, 5.41) is 1.14. The fourth-order valence-corrected chi connectivity index (χ4v) is 6.44. The largest absolute Gasteiger partial charge is 0.313 e. The van der Waals surface area contributed by atoms with Crippen molar-refractivity contribution in [2.24, 2.45) is 0 Å². The van der Waals surface area contributed by atoms with Crippen LogP contribution in [0.2, 0.25) is 0 Å². The molecular weight excluding hydrogens is 490 g/mol. The van der Waals surface area contributed by atoms with Crippen LogP contribution in [-0.4, -0.2) is 20.0 Å². The van der Waals surface area contributed by atoms with Gasteiger partial charge in [0.1, 0.15) is 11.4 Å². The maximum Gasteiger partial charge on any atom is 0.258 e. The molecule has 194 valence electrons. The van der Waals surface area contributed by atoms with E-state index < -0.39 is 5.54 Å². The van der Waals surface area contributed by atoms with E-state index in [0.717, 1.165) is 51.1 Å². The lowest BCUT2D eigenvalue weighted by Gasteiger charge is -2.38. The molecule has 1 aliphatic rings. The minimum absolute atomic E-state index is 0.0323. The zero-order chi connectivity index (χ0) is 27.1. The minimum Gasteiger partial charge on any atom is -0.313 e. The zero-order valence-electron chi connectivity index (χ0n) is 22.4. The predicted octanol–water partition coefficient (Wildman–Crippen LogP) is 7.66. The first kappa shape index (κ1) is 24.1. The highest BCUT2D eigenvalue weighted by Gasteiger charge is 2.39. The Morgan fingerprint density at radius 2 is 1.27 bits per heavy atom. The Balaban J connectivity index is 1.45. The van der Waals surface area contributed by atoms with Crippen LogP contribution in [0, 0.1) is 6.92 Å². The van der Waals surface area contributed by atoms with Crippen LogP contribution >= 0.6 is 0 Å². The normalized spacial score (nSPS) is 14.5. The number of hydrogen-bond donors (Lipinski definition) is 0. The number of carbonyl (C=O) groups excluding carboxylic acids is 1. The molecule has 4 aromatic carbocycles. The highest BCUT2D eigenvalue weighted by atomic mass is 16.2. The average Bonchev–Trinajstić information content (AvgIpc) is 3.59. The topological polar surface area (TPSA) is 39.8 Å². The minimum atomic E-state index is -0.688. The van der Waals surface area contributed by atoms with E-state index in [4.69, 9.17) is 4.98 Å². The van der Waals surface area contributed by atoms with Crippen molar-refractivity contribution in [3.63, 3.8) is 0 Å². The summed E-state index contributed by atoms with van der Waals surface area (Å²) in [6.45, 7) is 2.12. The van der Waals surface area contributed by atoms with Gasteiger partial charge in [-0.2, -0.15) is 0 Å². The van der Waals surface area contributed by atoms with Gasteiger partial charge in [0.2, 0.25) is 0 Å². The first-order chi connectivity index (χ1) is 19.7. The highest BCUT2D eigenvalue weighted by Crippen LogP contribution is 2.42. The third-order valence-electron chi connectivity index (χ3n) is 8.27. The van der Waals surface area contributed by atoms with Gasteiger partial charge in [-0.15, -0.1) is 0 Å². The van der Waals surface area contributed by atoms with E-state index in [2.05, 4.69) is 90.4 Å². The van der Waals surface area contributed by atoms with Gasteiger partial charge in [0.25, 0.3) is 5.91 Å². The van der Waals surface area contributed by atoms with Crippen molar-refractivity contribution >= 4 is 22.9 Å². The Morgan fingerprint density at radius 1 is 0.725 bits per heavy atom. The molecule has 0 fully saturated rings. The van der Waals surface area contributed by atoms with Crippen molar-refractivity contribution in [3.05, 3.63) is 167 Å². The Bertz CT molecular complexity index is 1760. The van der Waals surface area contributed by atoms with Gasteiger partial charge in [-0.1, -0.05) is 109 Å². The Hall–Kier alpha value is -4.96. The van der Waals surface area contributed by atoms with Crippen LogP contribution in [0.1, 0.15) is 45.0 Å². The third-order valence-corrected chi connectivity index (χ3v) is 8.27. The van der Waals surface area contributed by atoms with E-state index in [0.29, 0.717) is 6.42 Å². The van der Waals surface area contributed by atoms with E-state index in [1.807, 2.05) is 59.4 Å². The van der Waals surface area contributed by atoms with Crippen LogP contribution < -0.4 is 0 Å². The molecule has 0 bridgehead atoms. The van der Waals surface area contributed by atoms with Crippen LogP contribution in [0.25, 0.3) is 17.0 Å². The lowest BCUT2D eigenvalue weighted by atomic mass is 9.76.